The maximum atomic E-state index is 11.8. The van der Waals surface area contributed by atoms with E-state index >= 15 is 0 Å². The van der Waals surface area contributed by atoms with E-state index in [1.807, 2.05) is 26.0 Å². The molecule has 0 radical (unpaired) electrons. The van der Waals surface area contributed by atoms with Crippen molar-refractivity contribution in [2.75, 3.05) is 0 Å². The van der Waals surface area contributed by atoms with Gasteiger partial charge in [0, 0.05) is 5.56 Å². The number of aromatic amines is 1. The summed E-state index contributed by atoms with van der Waals surface area (Å²) in [5.74, 6) is 1.09. The molecular weight excluding hydrogens is 272 g/mol. The number of hydrogen-bond acceptors (Lipinski definition) is 6. The molecule has 2 heterocycles. The van der Waals surface area contributed by atoms with Crippen LogP contribution in [0.3, 0.4) is 0 Å². The van der Waals surface area contributed by atoms with E-state index in [0.29, 0.717) is 22.7 Å². The van der Waals surface area contributed by atoms with Gasteiger partial charge in [0.25, 0.3) is 0 Å². The Hall–Kier alpha value is -2.70. The van der Waals surface area contributed by atoms with E-state index in [2.05, 4.69) is 20.6 Å². The highest BCUT2D eigenvalue weighted by molar-refractivity contribution is 5.88. The lowest BCUT2D eigenvalue weighted by atomic mass is 10.0. The number of tetrazole rings is 1. The van der Waals surface area contributed by atoms with Gasteiger partial charge in [0.1, 0.15) is 11.3 Å². The number of H-pyrrole nitrogens is 1. The minimum absolute atomic E-state index is 0.187. The van der Waals surface area contributed by atoms with Crippen LogP contribution in [0.5, 0.6) is 5.75 Å². The van der Waals surface area contributed by atoms with Crippen LogP contribution < -0.4 is 10.4 Å². The van der Waals surface area contributed by atoms with E-state index in [1.165, 1.54) is 0 Å². The first-order chi connectivity index (χ1) is 10.1. The molecule has 0 fully saturated rings. The molecule has 0 amide bonds. The van der Waals surface area contributed by atoms with E-state index in [9.17, 15) is 4.79 Å². The van der Waals surface area contributed by atoms with Crippen molar-refractivity contribution in [3.63, 3.8) is 0 Å². The Bertz CT molecular complexity index is 853. The van der Waals surface area contributed by atoms with Crippen LogP contribution in [-0.4, -0.2) is 20.6 Å². The lowest BCUT2D eigenvalue weighted by Gasteiger charge is -2.11. The Labute approximate surface area is 119 Å². The summed E-state index contributed by atoms with van der Waals surface area (Å²) in [7, 11) is 0. The molecule has 1 aromatic carbocycles. The van der Waals surface area contributed by atoms with Crippen molar-refractivity contribution in [2.24, 2.45) is 0 Å². The van der Waals surface area contributed by atoms with Crippen molar-refractivity contribution in [1.29, 1.82) is 0 Å². The van der Waals surface area contributed by atoms with Crippen LogP contribution in [0.1, 0.15) is 22.5 Å². The molecule has 0 saturated heterocycles. The van der Waals surface area contributed by atoms with E-state index in [0.717, 1.165) is 16.5 Å². The maximum absolute atomic E-state index is 11.8. The summed E-state index contributed by atoms with van der Waals surface area (Å²) in [6, 6.07) is 3.72. The highest BCUT2D eigenvalue weighted by atomic mass is 16.5. The number of benzene rings is 1. The standard InChI is InChI=1S/C14H14N4O3/c1-7-4-10(20-6-12-15-17-18-16-12)13-8(2)9(3)14(19)21-11(13)5-7/h4-5H,6H2,1-3H3,(H,15,16,17,18). The minimum atomic E-state index is -0.324. The zero-order valence-electron chi connectivity index (χ0n) is 11.9. The van der Waals surface area contributed by atoms with Crippen molar-refractivity contribution in [3.8, 4) is 5.75 Å². The summed E-state index contributed by atoms with van der Waals surface area (Å²) < 4.78 is 11.1. The highest BCUT2D eigenvalue weighted by Crippen LogP contribution is 2.31. The number of ether oxygens (including phenoxy) is 1. The van der Waals surface area contributed by atoms with Crippen molar-refractivity contribution < 1.29 is 9.15 Å². The summed E-state index contributed by atoms with van der Waals surface area (Å²) in [6.07, 6.45) is 0. The third-order valence-electron chi connectivity index (χ3n) is 3.40. The second kappa shape index (κ2) is 5.01. The Morgan fingerprint density at radius 2 is 2.05 bits per heavy atom. The van der Waals surface area contributed by atoms with Crippen LogP contribution in [0.15, 0.2) is 21.3 Å². The van der Waals surface area contributed by atoms with Crippen LogP contribution in [-0.2, 0) is 6.61 Å². The first-order valence-corrected chi connectivity index (χ1v) is 6.46. The van der Waals surface area contributed by atoms with Gasteiger partial charge in [-0.3, -0.25) is 0 Å². The first-order valence-electron chi connectivity index (χ1n) is 6.46. The molecule has 0 aliphatic rings. The van der Waals surface area contributed by atoms with Crippen molar-refractivity contribution in [3.05, 3.63) is 45.1 Å². The predicted octanol–water partition coefficient (Wildman–Crippen LogP) is 1.81. The molecule has 0 spiro atoms. The summed E-state index contributed by atoms with van der Waals surface area (Å²) in [6.45, 7) is 5.72. The van der Waals surface area contributed by atoms with Gasteiger partial charge in [0.2, 0.25) is 5.82 Å². The van der Waals surface area contributed by atoms with Gasteiger partial charge in [-0.1, -0.05) is 5.21 Å². The second-order valence-electron chi connectivity index (χ2n) is 4.89. The van der Waals surface area contributed by atoms with Gasteiger partial charge in [0.15, 0.2) is 6.61 Å². The predicted molar refractivity (Wildman–Crippen MR) is 75.2 cm³/mol. The average molecular weight is 286 g/mol. The third kappa shape index (κ3) is 2.37. The van der Waals surface area contributed by atoms with Crippen LogP contribution in [0.4, 0.5) is 0 Å². The van der Waals surface area contributed by atoms with E-state index < -0.39 is 0 Å². The average Bonchev–Trinajstić information content (AvgIpc) is 2.95. The topological polar surface area (TPSA) is 93.9 Å². The van der Waals surface area contributed by atoms with Gasteiger partial charge in [-0.25, -0.2) is 4.79 Å². The molecule has 7 nitrogen and oxygen atoms in total. The Morgan fingerprint density at radius 3 is 2.76 bits per heavy atom. The van der Waals surface area contributed by atoms with E-state index in [1.54, 1.807) is 6.92 Å². The highest BCUT2D eigenvalue weighted by Gasteiger charge is 2.14. The SMILES string of the molecule is Cc1cc(OCc2nn[nH]n2)c2c(C)c(C)c(=O)oc2c1. The molecule has 0 aliphatic carbocycles. The van der Waals surface area contributed by atoms with Gasteiger partial charge in [-0.2, -0.15) is 5.21 Å². The summed E-state index contributed by atoms with van der Waals surface area (Å²) in [5.41, 5.74) is 2.57. The van der Waals surface area contributed by atoms with Gasteiger partial charge in [-0.15, -0.1) is 10.2 Å². The lowest BCUT2D eigenvalue weighted by molar-refractivity contribution is 0.299. The smallest absolute Gasteiger partial charge is 0.339 e. The van der Waals surface area contributed by atoms with Crippen LogP contribution >= 0.6 is 0 Å². The van der Waals surface area contributed by atoms with E-state index in [-0.39, 0.29) is 12.2 Å². The monoisotopic (exact) mass is 286 g/mol. The lowest BCUT2D eigenvalue weighted by Crippen LogP contribution is -2.07. The number of rotatable bonds is 3. The van der Waals surface area contributed by atoms with Crippen LogP contribution in [0, 0.1) is 20.8 Å². The number of nitrogens with zero attached hydrogens (tertiary/aromatic N) is 3. The van der Waals surface area contributed by atoms with Crippen LogP contribution in [0.25, 0.3) is 11.0 Å². The van der Waals surface area contributed by atoms with Gasteiger partial charge in [0.05, 0.1) is 5.39 Å². The molecule has 108 valence electrons. The molecule has 0 atom stereocenters. The summed E-state index contributed by atoms with van der Waals surface area (Å²) in [4.78, 5) is 11.8. The number of hydrogen-bond donors (Lipinski definition) is 1. The molecule has 2 aromatic heterocycles. The quantitative estimate of drug-likeness (QED) is 0.738. The zero-order valence-corrected chi connectivity index (χ0v) is 11.9. The molecule has 3 rings (SSSR count). The van der Waals surface area contributed by atoms with E-state index in [4.69, 9.17) is 9.15 Å². The molecule has 0 unspecified atom stereocenters. The maximum Gasteiger partial charge on any atom is 0.339 e. The van der Waals surface area contributed by atoms with Gasteiger partial charge < -0.3 is 9.15 Å². The number of nitrogens with one attached hydrogen (secondary N) is 1. The Balaban J connectivity index is 2.12. The fourth-order valence-corrected chi connectivity index (χ4v) is 2.19. The Kier molecular flexibility index (Phi) is 3.17. The zero-order chi connectivity index (χ0) is 15.0. The van der Waals surface area contributed by atoms with Crippen molar-refractivity contribution in [1.82, 2.24) is 20.6 Å². The third-order valence-corrected chi connectivity index (χ3v) is 3.40. The number of aromatic nitrogens is 4. The molecule has 0 saturated carbocycles. The van der Waals surface area contributed by atoms with Crippen LogP contribution in [0.2, 0.25) is 0 Å². The summed E-state index contributed by atoms with van der Waals surface area (Å²) >= 11 is 0. The molecule has 7 heteroatoms. The number of aryl methyl sites for hydroxylation is 2. The van der Waals surface area contributed by atoms with Crippen molar-refractivity contribution in [2.45, 2.75) is 27.4 Å². The van der Waals surface area contributed by atoms with Crippen molar-refractivity contribution >= 4 is 11.0 Å². The minimum Gasteiger partial charge on any atom is -0.485 e. The molecule has 3 aromatic rings. The first kappa shape index (κ1) is 13.3. The largest absolute Gasteiger partial charge is 0.485 e. The second-order valence-corrected chi connectivity index (χ2v) is 4.89. The molecular formula is C14H14N4O3. The van der Waals surface area contributed by atoms with Gasteiger partial charge >= 0.3 is 5.63 Å². The number of fused-ring (bicyclic) bond motifs is 1. The van der Waals surface area contributed by atoms with Gasteiger partial charge in [-0.05, 0) is 44.0 Å². The normalized spacial score (nSPS) is 11.0. The summed E-state index contributed by atoms with van der Waals surface area (Å²) in [5, 5.41) is 14.3. The molecule has 21 heavy (non-hydrogen) atoms. The Morgan fingerprint density at radius 1 is 1.24 bits per heavy atom. The fraction of sp³-hybridized carbons (Fsp3) is 0.286. The molecule has 0 aliphatic heterocycles. The molecule has 0 bridgehead atoms. The fourth-order valence-electron chi connectivity index (χ4n) is 2.19. The molecule has 1 N–H and O–H groups in total.